The Morgan fingerprint density at radius 3 is 3.00 bits per heavy atom. The first-order valence-electron chi connectivity index (χ1n) is 3.08. The number of amidine groups is 1. The fourth-order valence-electron chi connectivity index (χ4n) is 0.620. The van der Waals surface area contributed by atoms with Gasteiger partial charge in [-0.3, -0.25) is 0 Å². The van der Waals surface area contributed by atoms with E-state index in [1.165, 1.54) is 0 Å². The van der Waals surface area contributed by atoms with Crippen LogP contribution in [-0.4, -0.2) is 21.2 Å². The van der Waals surface area contributed by atoms with Gasteiger partial charge in [-0.15, -0.1) is 5.10 Å². The normalized spacial score (nSPS) is 11.5. The molecule has 0 aromatic carbocycles. The van der Waals surface area contributed by atoms with Crippen LogP contribution in [0.5, 0.6) is 0 Å². The van der Waals surface area contributed by atoms with Crippen LogP contribution in [0.2, 0.25) is 0 Å². The maximum absolute atomic E-state index is 5.34. The smallest absolute Gasteiger partial charge is 0.203 e. The molecule has 0 spiro atoms. The van der Waals surface area contributed by atoms with E-state index in [9.17, 15) is 0 Å². The molecule has 1 aromatic rings. The fourth-order valence-corrected chi connectivity index (χ4v) is 0.620. The van der Waals surface area contributed by atoms with Gasteiger partial charge >= 0.3 is 0 Å². The predicted molar refractivity (Wildman–Crippen MR) is 43.4 cm³/mol. The molecule has 0 aliphatic carbocycles. The highest BCUT2D eigenvalue weighted by Gasteiger charge is 2.00. The van der Waals surface area contributed by atoms with E-state index >= 15 is 0 Å². The van der Waals surface area contributed by atoms with Crippen LogP contribution in [0.1, 0.15) is 12.6 Å². The SMILES string of the molecule is C=Cc1n[nH]nc1N=C(C)N. The molecule has 0 atom stereocenters. The molecule has 0 fully saturated rings. The zero-order chi connectivity index (χ0) is 8.27. The van der Waals surface area contributed by atoms with Crippen LogP contribution < -0.4 is 5.73 Å². The lowest BCUT2D eigenvalue weighted by atomic mass is 10.4. The summed E-state index contributed by atoms with van der Waals surface area (Å²) in [5.74, 6) is 0.919. The van der Waals surface area contributed by atoms with Gasteiger partial charge in [0.05, 0.1) is 5.84 Å². The van der Waals surface area contributed by atoms with Gasteiger partial charge < -0.3 is 5.73 Å². The first kappa shape index (κ1) is 7.46. The molecule has 1 aromatic heterocycles. The van der Waals surface area contributed by atoms with Crippen molar-refractivity contribution in [2.75, 3.05) is 0 Å². The second kappa shape index (κ2) is 2.96. The topological polar surface area (TPSA) is 80.0 Å². The van der Waals surface area contributed by atoms with Crippen molar-refractivity contribution in [2.45, 2.75) is 6.92 Å². The van der Waals surface area contributed by atoms with Crippen LogP contribution in [0.4, 0.5) is 5.82 Å². The second-order valence-corrected chi connectivity index (χ2v) is 1.99. The molecule has 0 amide bonds. The van der Waals surface area contributed by atoms with Gasteiger partial charge in [0.15, 0.2) is 0 Å². The van der Waals surface area contributed by atoms with Crippen molar-refractivity contribution in [3.63, 3.8) is 0 Å². The Labute approximate surface area is 64.0 Å². The van der Waals surface area contributed by atoms with Crippen molar-refractivity contribution in [2.24, 2.45) is 10.7 Å². The first-order chi connectivity index (χ1) is 5.24. The highest BCUT2D eigenvalue weighted by atomic mass is 15.4. The monoisotopic (exact) mass is 151 g/mol. The number of nitrogens with zero attached hydrogens (tertiary/aromatic N) is 3. The number of rotatable bonds is 2. The highest BCUT2D eigenvalue weighted by Crippen LogP contribution is 2.11. The van der Waals surface area contributed by atoms with Gasteiger partial charge in [0.1, 0.15) is 5.69 Å². The average Bonchev–Trinajstić information content (AvgIpc) is 2.34. The fraction of sp³-hybridized carbons (Fsp3) is 0.167. The van der Waals surface area contributed by atoms with E-state index in [1.54, 1.807) is 13.0 Å². The second-order valence-electron chi connectivity index (χ2n) is 1.99. The molecular formula is C6H9N5. The number of hydrogen-bond donors (Lipinski definition) is 2. The molecule has 0 aliphatic heterocycles. The number of H-pyrrole nitrogens is 1. The van der Waals surface area contributed by atoms with Crippen LogP contribution in [0.25, 0.3) is 6.08 Å². The molecule has 1 rings (SSSR count). The Kier molecular flexibility index (Phi) is 2.00. The molecule has 0 aliphatic rings. The molecule has 5 heteroatoms. The van der Waals surface area contributed by atoms with Crippen LogP contribution in [0.3, 0.4) is 0 Å². The molecule has 0 unspecified atom stereocenters. The van der Waals surface area contributed by atoms with Gasteiger partial charge in [-0.05, 0) is 13.0 Å². The molecule has 0 radical (unpaired) electrons. The van der Waals surface area contributed by atoms with Crippen LogP contribution >= 0.6 is 0 Å². The third-order valence-corrected chi connectivity index (χ3v) is 1.03. The van der Waals surface area contributed by atoms with Crippen molar-refractivity contribution in [3.8, 4) is 0 Å². The van der Waals surface area contributed by atoms with Crippen molar-refractivity contribution < 1.29 is 0 Å². The van der Waals surface area contributed by atoms with E-state index < -0.39 is 0 Å². The van der Waals surface area contributed by atoms with Gasteiger partial charge in [0.2, 0.25) is 5.82 Å². The summed E-state index contributed by atoms with van der Waals surface area (Å²) < 4.78 is 0. The minimum atomic E-state index is 0.446. The lowest BCUT2D eigenvalue weighted by Crippen LogP contribution is -2.04. The quantitative estimate of drug-likeness (QED) is 0.476. The Bertz CT molecular complexity index is 281. The number of nitrogens with one attached hydrogen (secondary N) is 1. The highest BCUT2D eigenvalue weighted by molar-refractivity contribution is 5.80. The lowest BCUT2D eigenvalue weighted by Gasteiger charge is -1.87. The average molecular weight is 151 g/mol. The van der Waals surface area contributed by atoms with E-state index in [0.29, 0.717) is 17.3 Å². The van der Waals surface area contributed by atoms with Gasteiger partial charge in [0.25, 0.3) is 0 Å². The third-order valence-electron chi connectivity index (χ3n) is 1.03. The summed E-state index contributed by atoms with van der Waals surface area (Å²) in [5, 5.41) is 9.94. The van der Waals surface area contributed by atoms with E-state index in [2.05, 4.69) is 27.0 Å². The molecule has 3 N–H and O–H groups in total. The Hall–Kier alpha value is -1.65. The zero-order valence-corrected chi connectivity index (χ0v) is 6.20. The van der Waals surface area contributed by atoms with E-state index in [0.717, 1.165) is 0 Å². The van der Waals surface area contributed by atoms with Gasteiger partial charge in [0, 0.05) is 0 Å². The summed E-state index contributed by atoms with van der Waals surface area (Å²) in [6.07, 6.45) is 1.56. The van der Waals surface area contributed by atoms with E-state index in [4.69, 9.17) is 5.73 Å². The molecule has 0 bridgehead atoms. The molecule has 58 valence electrons. The van der Waals surface area contributed by atoms with E-state index in [-0.39, 0.29) is 0 Å². The van der Waals surface area contributed by atoms with Gasteiger partial charge in [-0.1, -0.05) is 6.58 Å². The summed E-state index contributed by atoms with van der Waals surface area (Å²) in [4.78, 5) is 3.91. The van der Waals surface area contributed by atoms with Crippen LogP contribution in [-0.2, 0) is 0 Å². The first-order valence-corrected chi connectivity index (χ1v) is 3.08. The molecule has 0 saturated heterocycles. The summed E-state index contributed by atoms with van der Waals surface area (Å²) in [7, 11) is 0. The number of aliphatic imine (C=N–C) groups is 1. The maximum Gasteiger partial charge on any atom is 0.203 e. The van der Waals surface area contributed by atoms with Crippen LogP contribution in [0, 0.1) is 0 Å². The minimum absolute atomic E-state index is 0.446. The van der Waals surface area contributed by atoms with Crippen molar-refractivity contribution in [1.29, 1.82) is 0 Å². The number of aromatic nitrogens is 3. The largest absolute Gasteiger partial charge is 0.387 e. The van der Waals surface area contributed by atoms with Gasteiger partial charge in [-0.25, -0.2) is 4.99 Å². The van der Waals surface area contributed by atoms with Crippen molar-refractivity contribution in [3.05, 3.63) is 12.3 Å². The number of hydrogen-bond acceptors (Lipinski definition) is 3. The van der Waals surface area contributed by atoms with Gasteiger partial charge in [-0.2, -0.15) is 10.3 Å². The predicted octanol–water partition coefficient (Wildman–Crippen LogP) is 0.456. The number of aromatic amines is 1. The standard InChI is InChI=1S/C6H9N5/c1-3-5-6(8-4(2)7)10-11-9-5/h3H,1H2,2H3,(H3,7,8,9,10,11). The Morgan fingerprint density at radius 1 is 1.73 bits per heavy atom. The Balaban J connectivity index is 3.03. The summed E-state index contributed by atoms with van der Waals surface area (Å²) in [6, 6.07) is 0. The zero-order valence-electron chi connectivity index (χ0n) is 6.20. The summed E-state index contributed by atoms with van der Waals surface area (Å²) >= 11 is 0. The molecule has 5 nitrogen and oxygen atoms in total. The summed E-state index contributed by atoms with van der Waals surface area (Å²) in [6.45, 7) is 5.22. The summed E-state index contributed by atoms with van der Waals surface area (Å²) in [5.41, 5.74) is 5.95. The van der Waals surface area contributed by atoms with Crippen LogP contribution in [0.15, 0.2) is 11.6 Å². The minimum Gasteiger partial charge on any atom is -0.387 e. The molecular weight excluding hydrogens is 142 g/mol. The lowest BCUT2D eigenvalue weighted by molar-refractivity contribution is 0.936. The van der Waals surface area contributed by atoms with Crippen molar-refractivity contribution in [1.82, 2.24) is 15.4 Å². The third kappa shape index (κ3) is 1.64. The Morgan fingerprint density at radius 2 is 2.45 bits per heavy atom. The number of nitrogens with two attached hydrogens (primary N) is 1. The van der Waals surface area contributed by atoms with Crippen molar-refractivity contribution >= 4 is 17.7 Å². The molecule has 1 heterocycles. The molecule has 0 saturated carbocycles. The molecule has 11 heavy (non-hydrogen) atoms. The van der Waals surface area contributed by atoms with E-state index in [1.807, 2.05) is 0 Å². The maximum atomic E-state index is 5.34.